The molecule has 0 aliphatic heterocycles. The standard InChI is InChI=1S/C5H9N3.HO3P/c1-2-3-5-6-4-7-8-5;1-4(2)3/h4H,2-3H2,1H3,(H,6,7,8);(H-,1,2,3)/p+1. The summed E-state index contributed by atoms with van der Waals surface area (Å²) in [5.74, 6) is 0.979. The van der Waals surface area contributed by atoms with Crippen molar-refractivity contribution in [3.63, 3.8) is 0 Å². The molecule has 6 nitrogen and oxygen atoms in total. The molecule has 0 saturated heterocycles. The number of hydrogen-bond acceptors (Lipinski definition) is 3. The Balaban J connectivity index is 0.000000261. The van der Waals surface area contributed by atoms with Crippen molar-refractivity contribution in [2.24, 2.45) is 0 Å². The predicted molar refractivity (Wildman–Crippen MR) is 42.4 cm³/mol. The first kappa shape index (κ1) is 11.2. The van der Waals surface area contributed by atoms with Crippen LogP contribution in [0.4, 0.5) is 0 Å². The van der Waals surface area contributed by atoms with Crippen molar-refractivity contribution < 1.29 is 14.4 Å². The summed E-state index contributed by atoms with van der Waals surface area (Å²) < 4.78 is 8.70. The van der Waals surface area contributed by atoms with Crippen LogP contribution in [-0.4, -0.2) is 25.0 Å². The van der Waals surface area contributed by atoms with Gasteiger partial charge in [-0.2, -0.15) is 5.10 Å². The molecule has 68 valence electrons. The first-order chi connectivity index (χ1) is 5.66. The number of nitrogens with one attached hydrogen (secondary N) is 1. The fraction of sp³-hybridized carbons (Fsp3) is 0.600. The predicted octanol–water partition coefficient (Wildman–Crippen LogP) is 0.386. The summed E-state index contributed by atoms with van der Waals surface area (Å²) >= 11 is 0. The van der Waals surface area contributed by atoms with Crippen LogP contribution in [0, 0.1) is 0 Å². The molecule has 1 aromatic rings. The molecule has 0 spiro atoms. The van der Waals surface area contributed by atoms with Crippen LogP contribution < -0.4 is 0 Å². The summed E-state index contributed by atoms with van der Waals surface area (Å²) in [6.07, 6.45) is 3.65. The van der Waals surface area contributed by atoms with Gasteiger partial charge in [0.1, 0.15) is 12.2 Å². The van der Waals surface area contributed by atoms with Crippen LogP contribution in [0.3, 0.4) is 0 Å². The van der Waals surface area contributed by atoms with E-state index in [9.17, 15) is 0 Å². The number of nitrogens with zero attached hydrogens (tertiary/aromatic N) is 2. The molecule has 0 fully saturated rings. The Morgan fingerprint density at radius 1 is 1.67 bits per heavy atom. The summed E-state index contributed by atoms with van der Waals surface area (Å²) in [5, 5.41) is 6.48. The smallest absolute Gasteiger partial charge is 0.263 e. The van der Waals surface area contributed by atoms with Gasteiger partial charge in [0, 0.05) is 11.0 Å². The molecule has 0 aliphatic rings. The molecule has 1 rings (SSSR count). The normalized spacial score (nSPS) is 8.58. The molecule has 1 heterocycles. The summed E-state index contributed by atoms with van der Waals surface area (Å²) in [4.78, 5) is 18.2. The number of aromatic amines is 1. The number of rotatable bonds is 2. The highest BCUT2D eigenvalue weighted by molar-refractivity contribution is 7.30. The summed E-state index contributed by atoms with van der Waals surface area (Å²) in [6, 6.07) is 0. The zero-order valence-electron chi connectivity index (χ0n) is 6.64. The van der Waals surface area contributed by atoms with Gasteiger partial charge in [0.2, 0.25) is 0 Å². The molecule has 3 N–H and O–H groups in total. The number of hydrogen-bond donors (Lipinski definition) is 3. The Bertz CT molecular complexity index is 210. The van der Waals surface area contributed by atoms with Crippen molar-refractivity contribution in [1.82, 2.24) is 15.2 Å². The Kier molecular flexibility index (Phi) is 6.37. The zero-order valence-corrected chi connectivity index (χ0v) is 7.53. The fourth-order valence-corrected chi connectivity index (χ4v) is 0.588. The van der Waals surface area contributed by atoms with Crippen molar-refractivity contribution in [2.45, 2.75) is 19.8 Å². The van der Waals surface area contributed by atoms with Crippen LogP contribution >= 0.6 is 8.25 Å². The highest BCUT2D eigenvalue weighted by atomic mass is 31.1. The molecule has 0 bridgehead atoms. The summed E-state index contributed by atoms with van der Waals surface area (Å²) in [5.41, 5.74) is 0. The molecule has 0 radical (unpaired) electrons. The maximum absolute atomic E-state index is 8.70. The van der Waals surface area contributed by atoms with Gasteiger partial charge in [-0.3, -0.25) is 5.10 Å². The molecule has 7 heteroatoms. The van der Waals surface area contributed by atoms with Crippen molar-refractivity contribution >= 4 is 8.25 Å². The van der Waals surface area contributed by atoms with Gasteiger partial charge >= 0.3 is 8.25 Å². The second kappa shape index (κ2) is 6.84. The Hall–Kier alpha value is -0.840. The molecule has 0 atom stereocenters. The van der Waals surface area contributed by atoms with E-state index in [1.165, 1.54) is 6.33 Å². The van der Waals surface area contributed by atoms with E-state index >= 15 is 0 Å². The zero-order chi connectivity index (χ0) is 9.40. The van der Waals surface area contributed by atoms with E-state index in [2.05, 4.69) is 22.1 Å². The second-order valence-electron chi connectivity index (χ2n) is 1.93. The largest absolute Gasteiger partial charge is 0.692 e. The van der Waals surface area contributed by atoms with Crippen LogP contribution in [-0.2, 0) is 11.0 Å². The number of H-pyrrole nitrogens is 1. The maximum Gasteiger partial charge on any atom is 0.692 e. The van der Waals surface area contributed by atoms with Crippen LogP contribution in [0.5, 0.6) is 0 Å². The highest BCUT2D eigenvalue weighted by Crippen LogP contribution is 1.98. The minimum atomic E-state index is -2.87. The molecule has 0 aromatic carbocycles. The SMILES string of the molecule is CCCc1ncn[nH]1.O=[P+](O)O. The lowest BCUT2D eigenvalue weighted by molar-refractivity contribution is 0.405. The van der Waals surface area contributed by atoms with Crippen molar-refractivity contribution in [3.8, 4) is 0 Å². The third-order valence-electron chi connectivity index (χ3n) is 0.952. The van der Waals surface area contributed by atoms with Gasteiger partial charge in [0.15, 0.2) is 0 Å². The van der Waals surface area contributed by atoms with Crippen LogP contribution in [0.25, 0.3) is 0 Å². The topological polar surface area (TPSA) is 99.1 Å². The van der Waals surface area contributed by atoms with Gasteiger partial charge in [-0.1, -0.05) is 6.92 Å². The first-order valence-electron chi connectivity index (χ1n) is 3.36. The quantitative estimate of drug-likeness (QED) is 0.588. The van der Waals surface area contributed by atoms with Gasteiger partial charge in [-0.15, -0.1) is 9.79 Å². The molecule has 0 unspecified atom stereocenters. The number of aromatic nitrogens is 3. The minimum Gasteiger partial charge on any atom is -0.263 e. The first-order valence-corrected chi connectivity index (χ1v) is 4.52. The second-order valence-corrected chi connectivity index (χ2v) is 2.44. The third-order valence-corrected chi connectivity index (χ3v) is 0.952. The van der Waals surface area contributed by atoms with E-state index in [0.29, 0.717) is 0 Å². The number of aryl methyl sites for hydroxylation is 1. The highest BCUT2D eigenvalue weighted by Gasteiger charge is 1.93. The summed E-state index contributed by atoms with van der Waals surface area (Å²) in [7, 11) is -2.87. The fourth-order valence-electron chi connectivity index (χ4n) is 0.588. The monoisotopic (exact) mass is 192 g/mol. The Morgan fingerprint density at radius 2 is 2.25 bits per heavy atom. The van der Waals surface area contributed by atoms with Gasteiger partial charge in [0.05, 0.1) is 0 Å². The lowest BCUT2D eigenvalue weighted by Crippen LogP contribution is -1.84. The van der Waals surface area contributed by atoms with Crippen LogP contribution in [0.1, 0.15) is 19.2 Å². The van der Waals surface area contributed by atoms with Crippen LogP contribution in [0.15, 0.2) is 6.33 Å². The lowest BCUT2D eigenvalue weighted by Gasteiger charge is -1.84. The van der Waals surface area contributed by atoms with E-state index in [0.717, 1.165) is 18.7 Å². The van der Waals surface area contributed by atoms with Crippen molar-refractivity contribution in [2.75, 3.05) is 0 Å². The Morgan fingerprint density at radius 3 is 2.58 bits per heavy atom. The third kappa shape index (κ3) is 7.27. The molecule has 0 amide bonds. The average molecular weight is 192 g/mol. The van der Waals surface area contributed by atoms with E-state index in [-0.39, 0.29) is 0 Å². The summed E-state index contributed by atoms with van der Waals surface area (Å²) in [6.45, 7) is 2.11. The Labute approximate surface area is 70.6 Å². The van der Waals surface area contributed by atoms with E-state index in [4.69, 9.17) is 14.4 Å². The molecule has 0 saturated carbocycles. The van der Waals surface area contributed by atoms with E-state index in [1.54, 1.807) is 0 Å². The molecular weight excluding hydrogens is 181 g/mol. The van der Waals surface area contributed by atoms with E-state index in [1.807, 2.05) is 0 Å². The van der Waals surface area contributed by atoms with Gasteiger partial charge in [0.25, 0.3) is 0 Å². The minimum absolute atomic E-state index is 0.979. The average Bonchev–Trinajstić information content (AvgIpc) is 2.39. The lowest BCUT2D eigenvalue weighted by atomic mass is 10.3. The molecule has 0 aliphatic carbocycles. The molecule has 12 heavy (non-hydrogen) atoms. The van der Waals surface area contributed by atoms with Gasteiger partial charge < -0.3 is 0 Å². The van der Waals surface area contributed by atoms with Gasteiger partial charge in [-0.25, -0.2) is 4.98 Å². The molecular formula is C5H11N3O3P+. The van der Waals surface area contributed by atoms with E-state index < -0.39 is 8.25 Å². The maximum atomic E-state index is 8.70. The molecule has 1 aromatic heterocycles. The van der Waals surface area contributed by atoms with Crippen molar-refractivity contribution in [3.05, 3.63) is 12.2 Å². The van der Waals surface area contributed by atoms with Crippen molar-refractivity contribution in [1.29, 1.82) is 0 Å². The van der Waals surface area contributed by atoms with Gasteiger partial charge in [-0.05, 0) is 6.42 Å². The van der Waals surface area contributed by atoms with Crippen LogP contribution in [0.2, 0.25) is 0 Å².